The van der Waals surface area contributed by atoms with Crippen LogP contribution in [0, 0.1) is 0 Å². The highest BCUT2D eigenvalue weighted by molar-refractivity contribution is 5.85. The van der Waals surface area contributed by atoms with Crippen molar-refractivity contribution < 1.29 is 0 Å². The molecule has 1 unspecified atom stereocenters. The molecule has 0 amide bonds. The first-order chi connectivity index (χ1) is 9.04. The van der Waals surface area contributed by atoms with Gasteiger partial charge in [-0.1, -0.05) is 0 Å². The Morgan fingerprint density at radius 2 is 2.00 bits per heavy atom. The van der Waals surface area contributed by atoms with Crippen molar-refractivity contribution >= 4 is 12.4 Å². The monoisotopic (exact) mass is 302 g/mol. The van der Waals surface area contributed by atoms with Gasteiger partial charge in [-0.3, -0.25) is 18.8 Å². The van der Waals surface area contributed by atoms with Crippen molar-refractivity contribution in [2.45, 2.75) is 25.4 Å². The fraction of sp³-hybridized carbons (Fsp3) is 0.692. The summed E-state index contributed by atoms with van der Waals surface area (Å²) in [7, 11) is 5.18. The van der Waals surface area contributed by atoms with Crippen LogP contribution < -0.4 is 16.6 Å². The summed E-state index contributed by atoms with van der Waals surface area (Å²) in [5.41, 5.74) is 0.297. The zero-order valence-electron chi connectivity index (χ0n) is 12.3. The lowest BCUT2D eigenvalue weighted by molar-refractivity contribution is 0.235. The maximum absolute atomic E-state index is 11.9. The Morgan fingerprint density at radius 1 is 1.30 bits per heavy atom. The van der Waals surface area contributed by atoms with Crippen molar-refractivity contribution in [1.82, 2.24) is 19.4 Å². The van der Waals surface area contributed by atoms with E-state index in [1.54, 1.807) is 17.7 Å². The minimum absolute atomic E-state index is 0. The van der Waals surface area contributed by atoms with Crippen molar-refractivity contribution in [3.63, 3.8) is 0 Å². The Balaban J connectivity index is 0.00000200. The summed E-state index contributed by atoms with van der Waals surface area (Å²) in [6, 6.07) is 2.06. The van der Waals surface area contributed by atoms with Gasteiger partial charge in [-0.05, 0) is 26.4 Å². The molecule has 0 aliphatic carbocycles. The molecule has 7 heteroatoms. The van der Waals surface area contributed by atoms with Crippen LogP contribution in [0.3, 0.4) is 0 Å². The van der Waals surface area contributed by atoms with Crippen molar-refractivity contribution in [2.24, 2.45) is 14.1 Å². The van der Waals surface area contributed by atoms with Crippen LogP contribution in [0.5, 0.6) is 0 Å². The van der Waals surface area contributed by atoms with Gasteiger partial charge in [-0.25, -0.2) is 4.79 Å². The fourth-order valence-electron chi connectivity index (χ4n) is 2.71. The van der Waals surface area contributed by atoms with Crippen LogP contribution in [-0.4, -0.2) is 40.2 Å². The highest BCUT2D eigenvalue weighted by Crippen LogP contribution is 2.18. The quantitative estimate of drug-likeness (QED) is 0.829. The van der Waals surface area contributed by atoms with Crippen LogP contribution in [0.15, 0.2) is 15.7 Å². The molecule has 0 saturated carbocycles. The molecular formula is C13H23ClN4O2. The van der Waals surface area contributed by atoms with E-state index in [9.17, 15) is 9.59 Å². The van der Waals surface area contributed by atoms with Crippen molar-refractivity contribution in [1.29, 1.82) is 0 Å². The Bertz CT molecular complexity index is 566. The molecule has 1 saturated heterocycles. The number of aromatic nitrogens is 2. The normalized spacial score (nSPS) is 19.1. The van der Waals surface area contributed by atoms with Crippen LogP contribution >= 0.6 is 12.4 Å². The molecule has 1 aromatic heterocycles. The molecule has 1 atom stereocenters. The maximum atomic E-state index is 11.9. The Labute approximate surface area is 124 Å². The van der Waals surface area contributed by atoms with Gasteiger partial charge in [0.15, 0.2) is 0 Å². The zero-order valence-corrected chi connectivity index (χ0v) is 13.1. The summed E-state index contributed by atoms with van der Waals surface area (Å²) >= 11 is 0. The second-order valence-electron chi connectivity index (χ2n) is 5.20. The standard InChI is InChI=1S/C13H22N4O2.ClH/c1-14-8-10-5-4-6-17(10)9-11-7-12(18)16(3)13(19)15(11)2;/h7,10,14H,4-6,8-9H2,1-3H3;1H. The third-order valence-electron chi connectivity index (χ3n) is 3.93. The van der Waals surface area contributed by atoms with Crippen LogP contribution in [-0.2, 0) is 20.6 Å². The minimum atomic E-state index is -0.258. The number of rotatable bonds is 4. The van der Waals surface area contributed by atoms with E-state index >= 15 is 0 Å². The largest absolute Gasteiger partial charge is 0.330 e. The lowest BCUT2D eigenvalue weighted by Gasteiger charge is -2.25. The molecule has 20 heavy (non-hydrogen) atoms. The van der Waals surface area contributed by atoms with E-state index in [4.69, 9.17) is 0 Å². The van der Waals surface area contributed by atoms with Gasteiger partial charge < -0.3 is 5.32 Å². The Kier molecular flexibility index (Phi) is 5.98. The lowest BCUT2D eigenvalue weighted by Crippen LogP contribution is -2.41. The number of halogens is 1. The van der Waals surface area contributed by atoms with E-state index in [1.807, 2.05) is 7.05 Å². The Morgan fingerprint density at radius 3 is 2.65 bits per heavy atom. The molecule has 0 spiro atoms. The van der Waals surface area contributed by atoms with Crippen LogP contribution in [0.25, 0.3) is 0 Å². The molecule has 2 heterocycles. The molecule has 1 aliphatic rings. The second kappa shape index (κ2) is 7.06. The molecule has 2 rings (SSSR count). The number of nitrogens with one attached hydrogen (secondary N) is 1. The summed E-state index contributed by atoms with van der Waals surface area (Å²) < 4.78 is 2.70. The number of likely N-dealkylation sites (tertiary alicyclic amines) is 1. The number of nitrogens with zero attached hydrogens (tertiary/aromatic N) is 3. The second-order valence-corrected chi connectivity index (χ2v) is 5.20. The number of hydrogen-bond donors (Lipinski definition) is 1. The van der Waals surface area contributed by atoms with Crippen LogP contribution in [0.2, 0.25) is 0 Å². The predicted molar refractivity (Wildman–Crippen MR) is 81.5 cm³/mol. The summed E-state index contributed by atoms with van der Waals surface area (Å²) in [6.45, 7) is 2.63. The van der Waals surface area contributed by atoms with Gasteiger partial charge in [0.05, 0.1) is 0 Å². The van der Waals surface area contributed by atoms with Gasteiger partial charge in [-0.2, -0.15) is 0 Å². The highest BCUT2D eigenvalue weighted by atomic mass is 35.5. The van der Waals surface area contributed by atoms with Crippen molar-refractivity contribution in [3.05, 3.63) is 32.6 Å². The zero-order chi connectivity index (χ0) is 14.0. The first-order valence-corrected chi connectivity index (χ1v) is 6.69. The molecule has 0 radical (unpaired) electrons. The third kappa shape index (κ3) is 3.31. The molecule has 0 aromatic carbocycles. The van der Waals surface area contributed by atoms with Gasteiger partial charge in [0.1, 0.15) is 0 Å². The van der Waals surface area contributed by atoms with E-state index in [0.717, 1.165) is 23.4 Å². The van der Waals surface area contributed by atoms with E-state index in [2.05, 4.69) is 10.2 Å². The average molecular weight is 303 g/mol. The molecule has 6 nitrogen and oxygen atoms in total. The summed E-state index contributed by atoms with van der Waals surface area (Å²) in [4.78, 5) is 25.9. The maximum Gasteiger partial charge on any atom is 0.330 e. The smallest absolute Gasteiger partial charge is 0.318 e. The lowest BCUT2D eigenvalue weighted by atomic mass is 10.2. The summed E-state index contributed by atoms with van der Waals surface area (Å²) in [5.74, 6) is 0. The van der Waals surface area contributed by atoms with Crippen LogP contribution in [0.4, 0.5) is 0 Å². The van der Waals surface area contributed by atoms with E-state index in [0.29, 0.717) is 12.6 Å². The summed E-state index contributed by atoms with van der Waals surface area (Å²) in [5, 5.41) is 3.20. The molecule has 114 valence electrons. The van der Waals surface area contributed by atoms with Crippen LogP contribution in [0.1, 0.15) is 18.5 Å². The molecule has 0 bridgehead atoms. The van der Waals surface area contributed by atoms with Crippen molar-refractivity contribution in [2.75, 3.05) is 20.1 Å². The molecular weight excluding hydrogens is 280 g/mol. The number of hydrogen-bond acceptors (Lipinski definition) is 4. The van der Waals surface area contributed by atoms with E-state index in [-0.39, 0.29) is 23.7 Å². The van der Waals surface area contributed by atoms with Gasteiger partial charge >= 0.3 is 5.69 Å². The van der Waals surface area contributed by atoms with E-state index < -0.39 is 0 Å². The average Bonchev–Trinajstić information content (AvgIpc) is 2.81. The highest BCUT2D eigenvalue weighted by Gasteiger charge is 2.24. The first kappa shape index (κ1) is 16.9. The number of likely N-dealkylation sites (N-methyl/N-ethyl adjacent to an activating group) is 1. The Hall–Kier alpha value is -1.11. The molecule has 1 aromatic rings. The minimum Gasteiger partial charge on any atom is -0.318 e. The van der Waals surface area contributed by atoms with Crippen molar-refractivity contribution in [3.8, 4) is 0 Å². The third-order valence-corrected chi connectivity index (χ3v) is 3.93. The predicted octanol–water partition coefficient (Wildman–Crippen LogP) is -0.310. The van der Waals surface area contributed by atoms with Gasteiger partial charge in [0.2, 0.25) is 0 Å². The fourth-order valence-corrected chi connectivity index (χ4v) is 2.71. The molecule has 1 aliphatic heterocycles. The van der Waals surface area contributed by atoms with Gasteiger partial charge in [0, 0.05) is 45.0 Å². The molecule has 1 fully saturated rings. The SMILES string of the molecule is CNCC1CCCN1Cc1cc(=O)n(C)c(=O)n1C.Cl. The van der Waals surface area contributed by atoms with Gasteiger partial charge in [0.25, 0.3) is 5.56 Å². The first-order valence-electron chi connectivity index (χ1n) is 6.69. The van der Waals surface area contributed by atoms with E-state index in [1.165, 1.54) is 19.9 Å². The van der Waals surface area contributed by atoms with Gasteiger partial charge in [-0.15, -0.1) is 12.4 Å². The summed E-state index contributed by atoms with van der Waals surface area (Å²) in [6.07, 6.45) is 2.34. The topological polar surface area (TPSA) is 59.3 Å². The molecule has 1 N–H and O–H groups in total.